The van der Waals surface area contributed by atoms with Gasteiger partial charge in [0.2, 0.25) is 0 Å². The van der Waals surface area contributed by atoms with Gasteiger partial charge in [-0.2, -0.15) is 5.10 Å². The second-order valence-corrected chi connectivity index (χ2v) is 8.39. The van der Waals surface area contributed by atoms with Crippen LogP contribution in [0.5, 0.6) is 0 Å². The molecular formula is C17H23N3O3S. The van der Waals surface area contributed by atoms with E-state index in [0.29, 0.717) is 17.7 Å². The van der Waals surface area contributed by atoms with Crippen LogP contribution in [0.3, 0.4) is 0 Å². The zero-order valence-electron chi connectivity index (χ0n) is 14.4. The molecule has 0 aliphatic rings. The number of carbonyl (C=O) groups is 1. The lowest BCUT2D eigenvalue weighted by molar-refractivity contribution is 0.0936. The number of hydrogen-bond acceptors (Lipinski definition) is 4. The van der Waals surface area contributed by atoms with Crippen molar-refractivity contribution in [3.63, 3.8) is 0 Å². The maximum Gasteiger partial charge on any atom is 0.251 e. The van der Waals surface area contributed by atoms with Crippen molar-refractivity contribution in [1.82, 2.24) is 15.1 Å². The van der Waals surface area contributed by atoms with E-state index in [9.17, 15) is 13.2 Å². The van der Waals surface area contributed by atoms with Gasteiger partial charge in [0, 0.05) is 23.6 Å². The third-order valence-corrected chi connectivity index (χ3v) is 4.43. The van der Waals surface area contributed by atoms with Crippen molar-refractivity contribution in [3.8, 4) is 0 Å². The molecule has 0 aliphatic heterocycles. The molecule has 6 nitrogen and oxygen atoms in total. The molecular weight excluding hydrogens is 326 g/mol. The van der Waals surface area contributed by atoms with Crippen molar-refractivity contribution in [2.45, 2.75) is 39.1 Å². The molecule has 1 N–H and O–H groups in total. The highest BCUT2D eigenvalue weighted by molar-refractivity contribution is 7.89. The van der Waals surface area contributed by atoms with Crippen LogP contribution in [0.25, 0.3) is 0 Å². The van der Waals surface area contributed by atoms with Gasteiger partial charge in [0.1, 0.15) is 0 Å². The molecule has 2 rings (SSSR count). The highest BCUT2D eigenvalue weighted by Crippen LogP contribution is 2.09. The zero-order valence-corrected chi connectivity index (χ0v) is 15.2. The van der Waals surface area contributed by atoms with E-state index in [1.165, 1.54) is 6.26 Å². The summed E-state index contributed by atoms with van der Waals surface area (Å²) < 4.78 is 24.4. The number of benzene rings is 1. The van der Waals surface area contributed by atoms with Crippen LogP contribution < -0.4 is 5.32 Å². The summed E-state index contributed by atoms with van der Waals surface area (Å²) in [7, 11) is -3.08. The second-order valence-electron chi connectivity index (χ2n) is 6.25. The Morgan fingerprint density at radius 1 is 1.25 bits per heavy atom. The van der Waals surface area contributed by atoms with Gasteiger partial charge in [0.05, 0.1) is 18.0 Å². The summed E-state index contributed by atoms with van der Waals surface area (Å²) in [6, 6.07) is 8.54. The Hall–Kier alpha value is -2.15. The third kappa shape index (κ3) is 5.19. The van der Waals surface area contributed by atoms with Crippen LogP contribution in [0.1, 0.15) is 34.2 Å². The number of nitrogens with zero attached hydrogens (tertiary/aromatic N) is 2. The Bertz CT molecular complexity index is 823. The van der Waals surface area contributed by atoms with Gasteiger partial charge in [0.15, 0.2) is 9.84 Å². The first-order chi connectivity index (χ1) is 11.1. The SMILES string of the molecule is Cc1cc(C)n(C[C@H](C)NC(=O)c2ccc(CS(C)(=O)=O)cc2)n1. The number of rotatable bonds is 6. The fourth-order valence-corrected chi connectivity index (χ4v) is 3.32. The Morgan fingerprint density at radius 2 is 1.88 bits per heavy atom. The minimum atomic E-state index is -3.08. The van der Waals surface area contributed by atoms with Gasteiger partial charge in [-0.15, -0.1) is 0 Å². The average Bonchev–Trinajstić information content (AvgIpc) is 2.75. The summed E-state index contributed by atoms with van der Waals surface area (Å²) in [4.78, 5) is 12.3. The molecule has 0 bridgehead atoms. The maximum absolute atomic E-state index is 12.3. The highest BCUT2D eigenvalue weighted by Gasteiger charge is 2.12. The van der Waals surface area contributed by atoms with Crippen LogP contribution in [0, 0.1) is 13.8 Å². The average molecular weight is 349 g/mol. The van der Waals surface area contributed by atoms with Crippen LogP contribution in [-0.2, 0) is 22.1 Å². The number of aryl methyl sites for hydroxylation is 2. The molecule has 2 aromatic rings. The van der Waals surface area contributed by atoms with Gasteiger partial charge in [-0.05, 0) is 44.5 Å². The van der Waals surface area contributed by atoms with Crippen LogP contribution in [0.15, 0.2) is 30.3 Å². The molecule has 0 saturated heterocycles. The molecule has 0 saturated carbocycles. The summed E-state index contributed by atoms with van der Waals surface area (Å²) in [6.45, 7) is 6.43. The molecule has 0 fully saturated rings. The van der Waals surface area contributed by atoms with Gasteiger partial charge in [-0.3, -0.25) is 9.48 Å². The van der Waals surface area contributed by atoms with Gasteiger partial charge < -0.3 is 5.32 Å². The molecule has 0 spiro atoms. The van der Waals surface area contributed by atoms with Crippen molar-refractivity contribution >= 4 is 15.7 Å². The Labute approximate surface area is 142 Å². The highest BCUT2D eigenvalue weighted by atomic mass is 32.2. The lowest BCUT2D eigenvalue weighted by Crippen LogP contribution is -2.36. The first kappa shape index (κ1) is 18.2. The molecule has 1 atom stereocenters. The Kier molecular flexibility index (Phi) is 5.43. The lowest BCUT2D eigenvalue weighted by atomic mass is 10.1. The standard InChI is InChI=1S/C17H23N3O3S/c1-12-9-14(3)20(19-12)10-13(2)18-17(21)16-7-5-15(6-8-16)11-24(4,22)23/h5-9,13H,10-11H2,1-4H3,(H,18,21)/t13-/m0/s1. The van der Waals surface area contributed by atoms with Crippen molar-refractivity contribution in [3.05, 3.63) is 52.8 Å². The second kappa shape index (κ2) is 7.17. The molecule has 130 valence electrons. The Balaban J connectivity index is 1.97. The quantitative estimate of drug-likeness (QED) is 0.863. The van der Waals surface area contributed by atoms with E-state index in [1.807, 2.05) is 31.5 Å². The monoisotopic (exact) mass is 349 g/mol. The van der Waals surface area contributed by atoms with Gasteiger partial charge in [-0.25, -0.2) is 8.42 Å². The summed E-state index contributed by atoms with van der Waals surface area (Å²) in [5, 5.41) is 7.32. The molecule has 1 heterocycles. The van der Waals surface area contributed by atoms with Crippen LogP contribution in [0.2, 0.25) is 0 Å². The third-order valence-electron chi connectivity index (χ3n) is 3.57. The van der Waals surface area contributed by atoms with Gasteiger partial charge >= 0.3 is 0 Å². The first-order valence-corrected chi connectivity index (χ1v) is 9.78. The summed E-state index contributed by atoms with van der Waals surface area (Å²) in [6.07, 6.45) is 1.19. The van der Waals surface area contributed by atoms with Crippen LogP contribution in [-0.4, -0.2) is 36.4 Å². The number of nitrogens with one attached hydrogen (secondary N) is 1. The molecule has 1 aromatic carbocycles. The predicted molar refractivity (Wildman–Crippen MR) is 93.6 cm³/mol. The minimum Gasteiger partial charge on any atom is -0.348 e. The summed E-state index contributed by atoms with van der Waals surface area (Å²) in [5.74, 6) is -0.210. The number of aromatic nitrogens is 2. The van der Waals surface area contributed by atoms with E-state index in [0.717, 1.165) is 11.4 Å². The number of amides is 1. The maximum atomic E-state index is 12.3. The smallest absolute Gasteiger partial charge is 0.251 e. The number of sulfone groups is 1. The predicted octanol–water partition coefficient (Wildman–Crippen LogP) is 1.86. The molecule has 1 aromatic heterocycles. The lowest BCUT2D eigenvalue weighted by Gasteiger charge is -2.15. The van der Waals surface area contributed by atoms with E-state index in [2.05, 4.69) is 10.4 Å². The van der Waals surface area contributed by atoms with Crippen LogP contribution in [0.4, 0.5) is 0 Å². The first-order valence-electron chi connectivity index (χ1n) is 7.72. The fourth-order valence-electron chi connectivity index (χ4n) is 2.53. The van der Waals surface area contributed by atoms with E-state index < -0.39 is 9.84 Å². The molecule has 0 unspecified atom stereocenters. The number of carbonyl (C=O) groups excluding carboxylic acids is 1. The number of hydrogen-bond donors (Lipinski definition) is 1. The fraction of sp³-hybridized carbons (Fsp3) is 0.412. The van der Waals surface area contributed by atoms with E-state index in [4.69, 9.17) is 0 Å². The minimum absolute atomic E-state index is 0.0246. The van der Waals surface area contributed by atoms with Crippen molar-refractivity contribution in [2.75, 3.05) is 6.26 Å². The van der Waals surface area contributed by atoms with Gasteiger partial charge in [0.25, 0.3) is 5.91 Å². The van der Waals surface area contributed by atoms with E-state index in [-0.39, 0.29) is 17.7 Å². The van der Waals surface area contributed by atoms with Crippen molar-refractivity contribution in [2.24, 2.45) is 0 Å². The molecule has 0 radical (unpaired) electrons. The largest absolute Gasteiger partial charge is 0.348 e. The normalized spacial score (nSPS) is 12.8. The van der Waals surface area contributed by atoms with Crippen LogP contribution >= 0.6 is 0 Å². The topological polar surface area (TPSA) is 81.1 Å². The zero-order chi connectivity index (χ0) is 17.9. The molecule has 7 heteroatoms. The molecule has 0 aliphatic carbocycles. The van der Waals surface area contributed by atoms with E-state index >= 15 is 0 Å². The van der Waals surface area contributed by atoms with Crippen molar-refractivity contribution in [1.29, 1.82) is 0 Å². The Morgan fingerprint density at radius 3 is 2.38 bits per heavy atom. The summed E-state index contributed by atoms with van der Waals surface area (Å²) in [5.41, 5.74) is 3.18. The molecule has 24 heavy (non-hydrogen) atoms. The summed E-state index contributed by atoms with van der Waals surface area (Å²) >= 11 is 0. The van der Waals surface area contributed by atoms with E-state index in [1.54, 1.807) is 24.3 Å². The molecule has 1 amide bonds. The van der Waals surface area contributed by atoms with Crippen molar-refractivity contribution < 1.29 is 13.2 Å². The van der Waals surface area contributed by atoms with Gasteiger partial charge in [-0.1, -0.05) is 12.1 Å².